The molecule has 0 aromatic carbocycles. The molecule has 0 aromatic rings. The Morgan fingerprint density at radius 1 is 1.15 bits per heavy atom. The van der Waals surface area contributed by atoms with Crippen molar-refractivity contribution in [1.29, 1.82) is 0 Å². The summed E-state index contributed by atoms with van der Waals surface area (Å²) in [6, 6.07) is 0. The summed E-state index contributed by atoms with van der Waals surface area (Å²) in [6.45, 7) is 10.8. The highest BCUT2D eigenvalue weighted by Gasteiger charge is 2.38. The van der Waals surface area contributed by atoms with E-state index in [0.717, 1.165) is 25.9 Å². The fourth-order valence-electron chi connectivity index (χ4n) is 2.12. The second kappa shape index (κ2) is 3.97. The van der Waals surface area contributed by atoms with Crippen LogP contribution in [0.5, 0.6) is 0 Å². The quantitative estimate of drug-likeness (QED) is 0.728. The van der Waals surface area contributed by atoms with Crippen LogP contribution >= 0.6 is 0 Å². The molecule has 2 atom stereocenters. The van der Waals surface area contributed by atoms with E-state index in [2.05, 4.69) is 33.0 Å². The summed E-state index contributed by atoms with van der Waals surface area (Å²) < 4.78 is 6.19. The highest BCUT2D eigenvalue weighted by atomic mass is 16.5. The first-order valence-electron chi connectivity index (χ1n) is 5.44. The molecule has 1 aliphatic rings. The molecule has 1 fully saturated rings. The Labute approximate surface area is 82.0 Å². The van der Waals surface area contributed by atoms with Crippen molar-refractivity contribution >= 4 is 0 Å². The minimum absolute atomic E-state index is 0.0438. The number of hydrogen-bond acceptors (Lipinski definition) is 2. The summed E-state index contributed by atoms with van der Waals surface area (Å²) in [7, 11) is 0. The Balaban J connectivity index is 2.59. The van der Waals surface area contributed by atoms with Gasteiger partial charge in [-0.1, -0.05) is 20.3 Å². The zero-order valence-corrected chi connectivity index (χ0v) is 9.44. The molecule has 0 aromatic heterocycles. The largest absolute Gasteiger partial charge is 0.366 e. The van der Waals surface area contributed by atoms with Crippen molar-refractivity contribution in [3.05, 3.63) is 0 Å². The molecule has 13 heavy (non-hydrogen) atoms. The van der Waals surface area contributed by atoms with Gasteiger partial charge in [-0.05, 0) is 26.7 Å². The molecule has 2 unspecified atom stereocenters. The molecule has 1 N–H and O–H groups in total. The minimum Gasteiger partial charge on any atom is -0.366 e. The van der Waals surface area contributed by atoms with Gasteiger partial charge in [0.25, 0.3) is 0 Å². The standard InChI is InChI=1S/C11H23NO/c1-5-7-11(4)9-12-8-10(3,6-2)13-11/h12H,5-9H2,1-4H3. The molecular weight excluding hydrogens is 162 g/mol. The van der Waals surface area contributed by atoms with Crippen molar-refractivity contribution < 1.29 is 4.74 Å². The minimum atomic E-state index is 0.0438. The van der Waals surface area contributed by atoms with Crippen LogP contribution in [0.3, 0.4) is 0 Å². The third-order valence-corrected chi connectivity index (χ3v) is 3.02. The zero-order chi connectivity index (χ0) is 9.95. The summed E-state index contributed by atoms with van der Waals surface area (Å²) in [4.78, 5) is 0. The van der Waals surface area contributed by atoms with Crippen LogP contribution in [0.2, 0.25) is 0 Å². The number of rotatable bonds is 3. The first-order valence-corrected chi connectivity index (χ1v) is 5.44. The Morgan fingerprint density at radius 2 is 1.77 bits per heavy atom. The second-order valence-electron chi connectivity index (χ2n) is 4.71. The maximum absolute atomic E-state index is 6.19. The Hall–Kier alpha value is -0.0800. The molecule has 0 saturated carbocycles. The molecule has 1 aliphatic heterocycles. The van der Waals surface area contributed by atoms with Crippen LogP contribution in [0.25, 0.3) is 0 Å². The molecule has 2 nitrogen and oxygen atoms in total. The lowest BCUT2D eigenvalue weighted by Gasteiger charge is -2.45. The fraction of sp³-hybridized carbons (Fsp3) is 1.00. The van der Waals surface area contributed by atoms with E-state index < -0.39 is 0 Å². The zero-order valence-electron chi connectivity index (χ0n) is 9.44. The van der Waals surface area contributed by atoms with Gasteiger partial charge in [0.05, 0.1) is 11.2 Å². The number of nitrogens with one attached hydrogen (secondary N) is 1. The van der Waals surface area contributed by atoms with E-state index in [1.165, 1.54) is 6.42 Å². The van der Waals surface area contributed by atoms with E-state index in [1.54, 1.807) is 0 Å². The van der Waals surface area contributed by atoms with Crippen LogP contribution in [0, 0.1) is 0 Å². The molecule has 1 saturated heterocycles. The molecule has 1 heterocycles. The predicted molar refractivity (Wildman–Crippen MR) is 56.0 cm³/mol. The van der Waals surface area contributed by atoms with Crippen LogP contribution in [0.1, 0.15) is 47.0 Å². The van der Waals surface area contributed by atoms with E-state index >= 15 is 0 Å². The Bertz CT molecular complexity index is 167. The van der Waals surface area contributed by atoms with Gasteiger partial charge >= 0.3 is 0 Å². The number of ether oxygens (including phenoxy) is 1. The van der Waals surface area contributed by atoms with Gasteiger partial charge in [0.1, 0.15) is 0 Å². The van der Waals surface area contributed by atoms with Gasteiger partial charge in [-0.2, -0.15) is 0 Å². The summed E-state index contributed by atoms with van der Waals surface area (Å²) in [5, 5.41) is 3.48. The van der Waals surface area contributed by atoms with Gasteiger partial charge in [0.2, 0.25) is 0 Å². The second-order valence-corrected chi connectivity index (χ2v) is 4.71. The van der Waals surface area contributed by atoms with Gasteiger partial charge < -0.3 is 10.1 Å². The van der Waals surface area contributed by atoms with Gasteiger partial charge in [-0.15, -0.1) is 0 Å². The lowest BCUT2D eigenvalue weighted by molar-refractivity contribution is -0.165. The SMILES string of the molecule is CCCC1(C)CNCC(C)(CC)O1. The highest BCUT2D eigenvalue weighted by Crippen LogP contribution is 2.29. The predicted octanol–water partition coefficient (Wildman–Crippen LogP) is 2.33. The third kappa shape index (κ3) is 2.68. The lowest BCUT2D eigenvalue weighted by Crippen LogP contribution is -2.57. The van der Waals surface area contributed by atoms with E-state index in [0.29, 0.717) is 0 Å². The summed E-state index contributed by atoms with van der Waals surface area (Å²) in [5.74, 6) is 0. The van der Waals surface area contributed by atoms with Crippen LogP contribution in [0.4, 0.5) is 0 Å². The van der Waals surface area contributed by atoms with E-state index in [4.69, 9.17) is 4.74 Å². The smallest absolute Gasteiger partial charge is 0.0786 e. The molecule has 1 rings (SSSR count). The molecule has 0 radical (unpaired) electrons. The fourth-order valence-corrected chi connectivity index (χ4v) is 2.12. The van der Waals surface area contributed by atoms with Crippen molar-refractivity contribution in [2.75, 3.05) is 13.1 Å². The van der Waals surface area contributed by atoms with Gasteiger partial charge in [0, 0.05) is 13.1 Å². The normalized spacial score (nSPS) is 40.6. The molecule has 78 valence electrons. The van der Waals surface area contributed by atoms with Crippen molar-refractivity contribution in [3.8, 4) is 0 Å². The van der Waals surface area contributed by atoms with Crippen molar-refractivity contribution in [2.24, 2.45) is 0 Å². The summed E-state index contributed by atoms with van der Waals surface area (Å²) in [6.07, 6.45) is 3.42. The highest BCUT2D eigenvalue weighted by molar-refractivity contribution is 4.91. The van der Waals surface area contributed by atoms with Crippen LogP contribution in [-0.2, 0) is 4.74 Å². The van der Waals surface area contributed by atoms with Gasteiger partial charge in [-0.3, -0.25) is 0 Å². The van der Waals surface area contributed by atoms with Crippen LogP contribution in [-0.4, -0.2) is 24.3 Å². The van der Waals surface area contributed by atoms with E-state index in [1.807, 2.05) is 0 Å². The number of morpholine rings is 1. The number of hydrogen-bond donors (Lipinski definition) is 1. The maximum Gasteiger partial charge on any atom is 0.0786 e. The molecule has 2 heteroatoms. The average molecular weight is 185 g/mol. The molecule has 0 amide bonds. The maximum atomic E-state index is 6.19. The Kier molecular flexibility index (Phi) is 3.36. The monoisotopic (exact) mass is 185 g/mol. The summed E-state index contributed by atoms with van der Waals surface area (Å²) >= 11 is 0. The van der Waals surface area contributed by atoms with Crippen LogP contribution < -0.4 is 5.32 Å². The topological polar surface area (TPSA) is 21.3 Å². The molecule has 0 aliphatic carbocycles. The summed E-state index contributed by atoms with van der Waals surface area (Å²) in [5.41, 5.74) is 0.0972. The van der Waals surface area contributed by atoms with Crippen molar-refractivity contribution in [1.82, 2.24) is 5.32 Å². The van der Waals surface area contributed by atoms with E-state index in [9.17, 15) is 0 Å². The first kappa shape index (κ1) is 11.0. The lowest BCUT2D eigenvalue weighted by atomic mass is 9.92. The first-order chi connectivity index (χ1) is 6.04. The molecule has 0 bridgehead atoms. The van der Waals surface area contributed by atoms with Gasteiger partial charge in [-0.25, -0.2) is 0 Å². The van der Waals surface area contributed by atoms with Gasteiger partial charge in [0.15, 0.2) is 0 Å². The third-order valence-electron chi connectivity index (χ3n) is 3.02. The van der Waals surface area contributed by atoms with Crippen molar-refractivity contribution in [3.63, 3.8) is 0 Å². The van der Waals surface area contributed by atoms with Crippen molar-refractivity contribution in [2.45, 2.75) is 58.2 Å². The average Bonchev–Trinajstić information content (AvgIpc) is 2.04. The Morgan fingerprint density at radius 3 is 2.31 bits per heavy atom. The molecular formula is C11H23NO. The van der Waals surface area contributed by atoms with E-state index in [-0.39, 0.29) is 11.2 Å². The molecule has 0 spiro atoms. The van der Waals surface area contributed by atoms with Crippen LogP contribution in [0.15, 0.2) is 0 Å².